The summed E-state index contributed by atoms with van der Waals surface area (Å²) in [7, 11) is 3.28. The maximum Gasteiger partial charge on any atom is 0.323 e. The van der Waals surface area contributed by atoms with Crippen molar-refractivity contribution in [3.63, 3.8) is 0 Å². The molecule has 39 heavy (non-hydrogen) atoms. The lowest BCUT2D eigenvalue weighted by molar-refractivity contribution is 0.0937. The van der Waals surface area contributed by atoms with Crippen molar-refractivity contribution in [2.24, 2.45) is 0 Å². The minimum absolute atomic E-state index is 0.215. The number of benzene rings is 3. The first-order valence-electron chi connectivity index (χ1n) is 13.1. The molecule has 1 aliphatic heterocycles. The largest absolute Gasteiger partial charge is 0.495 e. The highest BCUT2D eigenvalue weighted by atomic mass is 16.5. The molecule has 3 aromatic rings. The van der Waals surface area contributed by atoms with Gasteiger partial charge in [0, 0.05) is 56.9 Å². The Kier molecular flexibility index (Phi) is 9.27. The van der Waals surface area contributed by atoms with Crippen molar-refractivity contribution in [1.29, 1.82) is 0 Å². The summed E-state index contributed by atoms with van der Waals surface area (Å²) < 4.78 is 10.6. The number of nitrogens with zero attached hydrogens (tertiary/aromatic N) is 2. The lowest BCUT2D eigenvalue weighted by Crippen LogP contribution is -2.47. The number of methoxy groups -OCH3 is 2. The first kappa shape index (κ1) is 27.8. The molecule has 0 atom stereocenters. The Balaban J connectivity index is 1.50. The van der Waals surface area contributed by atoms with Crippen LogP contribution in [-0.2, 0) is 4.74 Å². The van der Waals surface area contributed by atoms with Crippen molar-refractivity contribution < 1.29 is 19.1 Å². The Labute approximate surface area is 230 Å². The van der Waals surface area contributed by atoms with E-state index >= 15 is 0 Å². The van der Waals surface area contributed by atoms with E-state index in [9.17, 15) is 9.59 Å². The molecule has 9 heteroatoms. The summed E-state index contributed by atoms with van der Waals surface area (Å²) >= 11 is 0. The van der Waals surface area contributed by atoms with Gasteiger partial charge >= 0.3 is 6.03 Å². The van der Waals surface area contributed by atoms with Gasteiger partial charge in [-0.3, -0.25) is 4.79 Å². The van der Waals surface area contributed by atoms with Gasteiger partial charge in [-0.25, -0.2) is 4.79 Å². The van der Waals surface area contributed by atoms with E-state index in [1.807, 2.05) is 62.4 Å². The number of rotatable bonds is 9. The summed E-state index contributed by atoms with van der Waals surface area (Å²) in [6.45, 7) is 7.79. The van der Waals surface area contributed by atoms with Crippen molar-refractivity contribution in [2.45, 2.75) is 13.8 Å². The summed E-state index contributed by atoms with van der Waals surface area (Å²) in [5.41, 5.74) is 5.76. The Hall–Kier alpha value is -4.24. The number of urea groups is 1. The molecule has 1 heterocycles. The van der Waals surface area contributed by atoms with Gasteiger partial charge in [0.15, 0.2) is 0 Å². The van der Waals surface area contributed by atoms with Crippen LogP contribution in [0.25, 0.3) is 0 Å². The highest BCUT2D eigenvalue weighted by Gasteiger charge is 2.24. The van der Waals surface area contributed by atoms with Crippen molar-refractivity contribution in [3.8, 4) is 5.75 Å². The Morgan fingerprint density at radius 2 is 1.56 bits per heavy atom. The molecule has 0 spiro atoms. The third-order valence-electron chi connectivity index (χ3n) is 6.77. The molecule has 0 aliphatic carbocycles. The third-order valence-corrected chi connectivity index (χ3v) is 6.77. The maximum absolute atomic E-state index is 13.2. The Bertz CT molecular complexity index is 1300. The van der Waals surface area contributed by atoms with E-state index in [-0.39, 0.29) is 11.9 Å². The summed E-state index contributed by atoms with van der Waals surface area (Å²) in [5, 5.41) is 8.68. The fourth-order valence-corrected chi connectivity index (χ4v) is 4.75. The predicted molar refractivity (Wildman–Crippen MR) is 157 cm³/mol. The van der Waals surface area contributed by atoms with Crippen LogP contribution in [0.2, 0.25) is 0 Å². The molecule has 3 aromatic carbocycles. The van der Waals surface area contributed by atoms with Gasteiger partial charge in [-0.15, -0.1) is 0 Å². The second-order valence-electron chi connectivity index (χ2n) is 9.52. The number of anilines is 4. The van der Waals surface area contributed by atoms with E-state index < -0.39 is 0 Å². The topological polar surface area (TPSA) is 95.2 Å². The number of hydrogen-bond acceptors (Lipinski definition) is 6. The normalized spacial score (nSPS) is 13.1. The zero-order chi connectivity index (χ0) is 27.8. The number of carbonyl (C=O) groups is 2. The minimum atomic E-state index is -0.370. The van der Waals surface area contributed by atoms with Gasteiger partial charge in [0.05, 0.1) is 25.0 Å². The number of piperazine rings is 1. The third kappa shape index (κ3) is 7.00. The number of aryl methyl sites for hydroxylation is 2. The van der Waals surface area contributed by atoms with Crippen molar-refractivity contribution in [2.75, 3.05) is 74.0 Å². The van der Waals surface area contributed by atoms with E-state index in [0.29, 0.717) is 24.4 Å². The molecule has 0 unspecified atom stereocenters. The van der Waals surface area contributed by atoms with Gasteiger partial charge in [-0.2, -0.15) is 0 Å². The second-order valence-corrected chi connectivity index (χ2v) is 9.52. The van der Waals surface area contributed by atoms with Crippen LogP contribution in [-0.4, -0.2) is 65.5 Å². The average molecular weight is 532 g/mol. The van der Waals surface area contributed by atoms with Gasteiger partial charge in [0.25, 0.3) is 5.91 Å². The molecule has 0 radical (unpaired) electrons. The number of ether oxygens (including phenoxy) is 2. The van der Waals surface area contributed by atoms with Crippen LogP contribution in [0.4, 0.5) is 27.5 Å². The van der Waals surface area contributed by atoms with Crippen LogP contribution in [0.3, 0.4) is 0 Å². The molecule has 4 rings (SSSR count). The van der Waals surface area contributed by atoms with E-state index in [1.165, 1.54) is 0 Å². The van der Waals surface area contributed by atoms with Gasteiger partial charge in [-0.05, 0) is 55.8 Å². The van der Waals surface area contributed by atoms with Gasteiger partial charge in [-0.1, -0.05) is 29.8 Å². The second kappa shape index (κ2) is 13.0. The van der Waals surface area contributed by atoms with Crippen LogP contribution in [0.1, 0.15) is 21.5 Å². The zero-order valence-electron chi connectivity index (χ0n) is 23.0. The van der Waals surface area contributed by atoms with Crippen LogP contribution < -0.4 is 30.5 Å². The van der Waals surface area contributed by atoms with Crippen LogP contribution >= 0.6 is 0 Å². The van der Waals surface area contributed by atoms with E-state index in [4.69, 9.17) is 9.47 Å². The molecule has 206 valence electrons. The number of para-hydroxylation sites is 2. The SMILES string of the molecule is COCCNC(=O)c1cc(NC(=O)Nc2ccc(C)cc2C)ccc1N1CCN(c2ccccc2OC)CC1. The molecule has 0 bridgehead atoms. The zero-order valence-corrected chi connectivity index (χ0v) is 23.0. The molecule has 3 N–H and O–H groups in total. The smallest absolute Gasteiger partial charge is 0.323 e. The molecular weight excluding hydrogens is 494 g/mol. The highest BCUT2D eigenvalue weighted by Crippen LogP contribution is 2.31. The lowest BCUT2D eigenvalue weighted by atomic mass is 10.1. The van der Waals surface area contributed by atoms with Crippen LogP contribution in [0, 0.1) is 13.8 Å². The Morgan fingerprint density at radius 1 is 0.846 bits per heavy atom. The molecule has 0 saturated carbocycles. The number of nitrogens with one attached hydrogen (secondary N) is 3. The van der Waals surface area contributed by atoms with Gasteiger partial charge in [0.1, 0.15) is 5.75 Å². The molecule has 9 nitrogen and oxygen atoms in total. The number of amides is 3. The van der Waals surface area contributed by atoms with E-state index in [1.54, 1.807) is 20.3 Å². The number of carbonyl (C=O) groups excluding carboxylic acids is 2. The quantitative estimate of drug-likeness (QED) is 0.348. The van der Waals surface area contributed by atoms with Gasteiger partial charge in [0.2, 0.25) is 0 Å². The average Bonchev–Trinajstić information content (AvgIpc) is 2.94. The van der Waals surface area contributed by atoms with Crippen LogP contribution in [0.5, 0.6) is 5.75 Å². The van der Waals surface area contributed by atoms with Crippen molar-refractivity contribution >= 4 is 34.7 Å². The number of hydrogen-bond donors (Lipinski definition) is 3. The Morgan fingerprint density at radius 3 is 2.26 bits per heavy atom. The van der Waals surface area contributed by atoms with Crippen molar-refractivity contribution in [3.05, 3.63) is 77.4 Å². The maximum atomic E-state index is 13.2. The monoisotopic (exact) mass is 531 g/mol. The molecular formula is C30H37N5O4. The highest BCUT2D eigenvalue weighted by molar-refractivity contribution is 6.04. The molecule has 0 aromatic heterocycles. The fraction of sp³-hybridized carbons (Fsp3) is 0.333. The standard InChI is InChI=1S/C30H37N5O4/c1-21-9-11-25(22(2)19-21)33-30(37)32-23-10-12-26(24(20-23)29(36)31-13-18-38-3)34-14-16-35(17-15-34)27-7-5-6-8-28(27)39-4/h5-12,19-20H,13-18H2,1-4H3,(H,31,36)(H2,32,33,37). The molecule has 1 fully saturated rings. The van der Waals surface area contributed by atoms with E-state index in [0.717, 1.165) is 60.1 Å². The minimum Gasteiger partial charge on any atom is -0.495 e. The van der Waals surface area contributed by atoms with Gasteiger partial charge < -0.3 is 35.2 Å². The lowest BCUT2D eigenvalue weighted by Gasteiger charge is -2.38. The first-order chi connectivity index (χ1) is 18.9. The van der Waals surface area contributed by atoms with E-state index in [2.05, 4.69) is 31.8 Å². The predicted octanol–water partition coefficient (Wildman–Crippen LogP) is 4.66. The van der Waals surface area contributed by atoms with Crippen LogP contribution in [0.15, 0.2) is 60.7 Å². The fourth-order valence-electron chi connectivity index (χ4n) is 4.75. The summed E-state index contributed by atoms with van der Waals surface area (Å²) in [5.74, 6) is 0.631. The first-order valence-corrected chi connectivity index (χ1v) is 13.1. The molecule has 1 aliphatic rings. The summed E-state index contributed by atoms with van der Waals surface area (Å²) in [6.07, 6.45) is 0. The summed E-state index contributed by atoms with van der Waals surface area (Å²) in [4.78, 5) is 30.5. The molecule has 1 saturated heterocycles. The molecule has 3 amide bonds. The van der Waals surface area contributed by atoms with Crippen molar-refractivity contribution in [1.82, 2.24) is 5.32 Å². The summed E-state index contributed by atoms with van der Waals surface area (Å²) in [6, 6.07) is 18.9.